The van der Waals surface area contributed by atoms with Gasteiger partial charge in [0, 0.05) is 25.7 Å². The Hall–Kier alpha value is -1.51. The van der Waals surface area contributed by atoms with Crippen molar-refractivity contribution in [3.8, 4) is 0 Å². The largest absolute Gasteiger partial charge is 0.357 e. The third kappa shape index (κ3) is 8.03. The summed E-state index contributed by atoms with van der Waals surface area (Å²) in [5, 5.41) is 10.3. The molecule has 5 nitrogen and oxygen atoms in total. The van der Waals surface area contributed by atoms with Crippen molar-refractivity contribution < 1.29 is 4.79 Å². The van der Waals surface area contributed by atoms with Crippen molar-refractivity contribution in [1.82, 2.24) is 16.0 Å². The molecule has 0 bridgehead atoms. The van der Waals surface area contributed by atoms with E-state index in [0.29, 0.717) is 22.2 Å². The van der Waals surface area contributed by atoms with Crippen LogP contribution in [0, 0.1) is 0 Å². The van der Waals surface area contributed by atoms with Gasteiger partial charge in [0.25, 0.3) is 5.91 Å². The number of halogens is 3. The molecule has 2 aromatic carbocycles. The Balaban J connectivity index is 0.00000420. The predicted octanol–water partition coefficient (Wildman–Crippen LogP) is 4.83. The van der Waals surface area contributed by atoms with Crippen LogP contribution in [0.4, 0.5) is 0 Å². The molecule has 0 saturated carbocycles. The number of nitrogens with one attached hydrogen (secondary N) is 3. The lowest BCUT2D eigenvalue weighted by molar-refractivity contribution is 0.0963. The molecule has 0 radical (unpaired) electrons. The monoisotopic (exact) mass is 548 g/mol. The summed E-state index contributed by atoms with van der Waals surface area (Å²) >= 11 is 12.1. The number of nitrogens with zero attached hydrogens (tertiary/aromatic N) is 1. The van der Waals surface area contributed by atoms with E-state index < -0.39 is 0 Å². The van der Waals surface area contributed by atoms with Gasteiger partial charge in [0.15, 0.2) is 5.96 Å². The number of carbonyl (C=O) groups excluding carboxylic acids is 1. The van der Waals surface area contributed by atoms with E-state index in [0.717, 1.165) is 30.1 Å². The molecule has 3 N–H and O–H groups in total. The molecule has 1 unspecified atom stereocenters. The molecule has 158 valence electrons. The number of carbonyl (C=O) groups is 1. The van der Waals surface area contributed by atoms with E-state index >= 15 is 0 Å². The first kappa shape index (κ1) is 25.5. The normalized spacial score (nSPS) is 12.0. The van der Waals surface area contributed by atoms with E-state index in [1.807, 2.05) is 44.2 Å². The molecule has 8 heteroatoms. The fourth-order valence-corrected chi connectivity index (χ4v) is 3.01. The molecule has 0 fully saturated rings. The average molecular weight is 549 g/mol. The Morgan fingerprint density at radius 3 is 2.55 bits per heavy atom. The number of hydrogen-bond acceptors (Lipinski definition) is 2. The molecule has 1 amide bonds. The van der Waals surface area contributed by atoms with Crippen LogP contribution in [0.5, 0.6) is 0 Å². The van der Waals surface area contributed by atoms with Gasteiger partial charge in [0.1, 0.15) is 0 Å². The highest BCUT2D eigenvalue weighted by Gasteiger charge is 2.10. The minimum atomic E-state index is -0.0872. The van der Waals surface area contributed by atoms with Gasteiger partial charge in [-0.15, -0.1) is 24.0 Å². The van der Waals surface area contributed by atoms with Gasteiger partial charge >= 0.3 is 0 Å². The summed E-state index contributed by atoms with van der Waals surface area (Å²) in [7, 11) is 1.63. The summed E-state index contributed by atoms with van der Waals surface area (Å²) < 4.78 is 0. The number of guanidine groups is 1. The molecule has 2 aromatic rings. The predicted molar refractivity (Wildman–Crippen MR) is 133 cm³/mol. The van der Waals surface area contributed by atoms with Crippen LogP contribution in [-0.2, 0) is 6.42 Å². The lowest BCUT2D eigenvalue weighted by Crippen LogP contribution is -2.38. The zero-order valence-corrected chi connectivity index (χ0v) is 20.6. The second kappa shape index (κ2) is 12.9. The van der Waals surface area contributed by atoms with Crippen LogP contribution in [0.3, 0.4) is 0 Å². The topological polar surface area (TPSA) is 65.5 Å². The lowest BCUT2D eigenvalue weighted by atomic mass is 10.1. The molecule has 0 aliphatic carbocycles. The van der Waals surface area contributed by atoms with Crippen LogP contribution >= 0.6 is 47.2 Å². The average Bonchev–Trinajstić information content (AvgIpc) is 2.69. The van der Waals surface area contributed by atoms with E-state index in [1.54, 1.807) is 19.2 Å². The number of benzene rings is 2. The van der Waals surface area contributed by atoms with Crippen molar-refractivity contribution in [1.29, 1.82) is 0 Å². The van der Waals surface area contributed by atoms with E-state index in [2.05, 4.69) is 20.9 Å². The molecular formula is C21H27Cl2IN4O. The highest BCUT2D eigenvalue weighted by atomic mass is 127. The SMILES string of the molecule is CCNC(=NCCc1cccc(C(=O)NC)c1)NC(C)c1ccc(Cl)c(Cl)c1.I. The molecule has 0 heterocycles. The Morgan fingerprint density at radius 2 is 1.90 bits per heavy atom. The third-order valence-corrected chi connectivity index (χ3v) is 4.97. The fourth-order valence-electron chi connectivity index (χ4n) is 2.70. The number of aliphatic imine (C=N–C) groups is 1. The zero-order chi connectivity index (χ0) is 20.5. The summed E-state index contributed by atoms with van der Waals surface area (Å²) in [6.07, 6.45) is 0.739. The van der Waals surface area contributed by atoms with E-state index in [-0.39, 0.29) is 35.9 Å². The van der Waals surface area contributed by atoms with Crippen molar-refractivity contribution in [3.63, 3.8) is 0 Å². The summed E-state index contributed by atoms with van der Waals surface area (Å²) in [4.78, 5) is 16.4. The Bertz CT molecular complexity index is 845. The van der Waals surface area contributed by atoms with Gasteiger partial charge < -0.3 is 16.0 Å². The molecule has 2 rings (SSSR count). The second-order valence-corrected chi connectivity index (χ2v) is 7.14. The lowest BCUT2D eigenvalue weighted by Gasteiger charge is -2.18. The van der Waals surface area contributed by atoms with Gasteiger partial charge in [-0.1, -0.05) is 41.4 Å². The van der Waals surface area contributed by atoms with Gasteiger partial charge in [-0.05, 0) is 55.7 Å². The van der Waals surface area contributed by atoms with Crippen molar-refractivity contribution in [2.45, 2.75) is 26.3 Å². The molecule has 0 spiro atoms. The van der Waals surface area contributed by atoms with E-state index in [4.69, 9.17) is 23.2 Å². The minimum absolute atomic E-state index is 0. The second-order valence-electron chi connectivity index (χ2n) is 6.33. The summed E-state index contributed by atoms with van der Waals surface area (Å²) in [5.41, 5.74) is 2.75. The summed E-state index contributed by atoms with van der Waals surface area (Å²) in [5.74, 6) is 0.638. The molecular weight excluding hydrogens is 522 g/mol. The molecule has 0 aromatic heterocycles. The minimum Gasteiger partial charge on any atom is -0.357 e. The number of rotatable bonds is 7. The maximum Gasteiger partial charge on any atom is 0.251 e. The first-order chi connectivity index (χ1) is 13.4. The van der Waals surface area contributed by atoms with Crippen LogP contribution in [0.1, 0.15) is 41.4 Å². The number of amides is 1. The standard InChI is InChI=1S/C21H26Cl2N4O.HI/c1-4-25-21(27-14(2)16-8-9-18(22)19(23)13-16)26-11-10-15-6-5-7-17(12-15)20(28)24-3;/h5-9,12-14H,4,10-11H2,1-3H3,(H,24,28)(H2,25,26,27);1H. The fraction of sp³-hybridized carbons (Fsp3) is 0.333. The Labute approximate surface area is 199 Å². The third-order valence-electron chi connectivity index (χ3n) is 4.23. The van der Waals surface area contributed by atoms with Crippen LogP contribution in [0.25, 0.3) is 0 Å². The van der Waals surface area contributed by atoms with Gasteiger partial charge in [-0.2, -0.15) is 0 Å². The molecule has 1 atom stereocenters. The van der Waals surface area contributed by atoms with Crippen LogP contribution in [-0.4, -0.2) is 32.0 Å². The maximum atomic E-state index is 11.8. The first-order valence-corrected chi connectivity index (χ1v) is 10.0. The van der Waals surface area contributed by atoms with Crippen molar-refractivity contribution in [3.05, 3.63) is 69.2 Å². The Kier molecular flexibility index (Phi) is 11.4. The first-order valence-electron chi connectivity index (χ1n) is 9.25. The van der Waals surface area contributed by atoms with Crippen molar-refractivity contribution in [2.24, 2.45) is 4.99 Å². The maximum absolute atomic E-state index is 11.8. The smallest absolute Gasteiger partial charge is 0.251 e. The van der Waals surface area contributed by atoms with E-state index in [9.17, 15) is 4.79 Å². The van der Waals surface area contributed by atoms with Crippen molar-refractivity contribution in [2.75, 3.05) is 20.1 Å². The van der Waals surface area contributed by atoms with Crippen LogP contribution < -0.4 is 16.0 Å². The zero-order valence-electron chi connectivity index (χ0n) is 16.8. The van der Waals surface area contributed by atoms with Gasteiger partial charge in [-0.3, -0.25) is 9.79 Å². The quantitative estimate of drug-likeness (QED) is 0.264. The van der Waals surface area contributed by atoms with Gasteiger partial charge in [-0.25, -0.2) is 0 Å². The molecule has 0 saturated heterocycles. The Morgan fingerprint density at radius 1 is 1.14 bits per heavy atom. The van der Waals surface area contributed by atoms with Crippen molar-refractivity contribution >= 4 is 59.0 Å². The summed E-state index contributed by atoms with van der Waals surface area (Å²) in [6, 6.07) is 13.2. The highest BCUT2D eigenvalue weighted by molar-refractivity contribution is 14.0. The number of hydrogen-bond donors (Lipinski definition) is 3. The van der Waals surface area contributed by atoms with Crippen LogP contribution in [0.2, 0.25) is 10.0 Å². The van der Waals surface area contributed by atoms with Gasteiger partial charge in [0.2, 0.25) is 0 Å². The molecule has 0 aliphatic heterocycles. The van der Waals surface area contributed by atoms with E-state index in [1.165, 1.54) is 0 Å². The molecule has 29 heavy (non-hydrogen) atoms. The van der Waals surface area contributed by atoms with Crippen LogP contribution in [0.15, 0.2) is 47.5 Å². The highest BCUT2D eigenvalue weighted by Crippen LogP contribution is 2.25. The molecule has 0 aliphatic rings. The summed E-state index contributed by atoms with van der Waals surface area (Å²) in [6.45, 7) is 5.42. The van der Waals surface area contributed by atoms with Gasteiger partial charge in [0.05, 0.1) is 16.1 Å².